The smallest absolute Gasteiger partial charge is 0.292 e. The van der Waals surface area contributed by atoms with E-state index in [-0.39, 0.29) is 0 Å². The van der Waals surface area contributed by atoms with Crippen molar-refractivity contribution < 1.29 is 9.53 Å². The van der Waals surface area contributed by atoms with Crippen molar-refractivity contribution >= 4 is 29.7 Å². The molecule has 4 heteroatoms. The van der Waals surface area contributed by atoms with Crippen molar-refractivity contribution in [2.45, 2.75) is 0 Å². The molecule has 12 heavy (non-hydrogen) atoms. The Morgan fingerprint density at radius 3 is 1.92 bits per heavy atom. The number of carbonyl (C=O) groups is 1. The normalized spacial score (nSPS) is 7.92. The van der Waals surface area contributed by atoms with Crippen LogP contribution in [0.3, 0.4) is 0 Å². The van der Waals surface area contributed by atoms with E-state index in [4.69, 9.17) is 28.0 Å². The van der Waals surface area contributed by atoms with E-state index < -0.39 is 0 Å². The summed E-state index contributed by atoms with van der Waals surface area (Å²) in [5.74, 6) is 0. The highest BCUT2D eigenvalue weighted by Crippen LogP contribution is 2.13. The second kappa shape index (κ2) is 6.95. The minimum absolute atomic E-state index is 0.375. The Labute approximate surface area is 81.0 Å². The Morgan fingerprint density at radius 1 is 1.33 bits per heavy atom. The molecule has 0 N–H and O–H groups in total. The van der Waals surface area contributed by atoms with Gasteiger partial charge in [-0.2, -0.15) is 0 Å². The molecule has 0 spiro atoms. The lowest BCUT2D eigenvalue weighted by molar-refractivity contribution is -0.126. The van der Waals surface area contributed by atoms with E-state index in [9.17, 15) is 0 Å². The summed E-state index contributed by atoms with van der Waals surface area (Å²) >= 11 is 11.1. The first-order chi connectivity index (χ1) is 5.70. The first-order valence-corrected chi connectivity index (χ1v) is 3.83. The maximum Gasteiger partial charge on any atom is 0.292 e. The summed E-state index contributed by atoms with van der Waals surface area (Å²) in [5, 5.41) is 1.36. The molecular formula is C8H8Cl2O2. The molecule has 0 fully saturated rings. The third-order valence-electron chi connectivity index (χ3n) is 0.883. The molecule has 1 aromatic carbocycles. The number of methoxy groups -OCH3 is 1. The van der Waals surface area contributed by atoms with Crippen LogP contribution < -0.4 is 0 Å². The molecule has 66 valence electrons. The van der Waals surface area contributed by atoms with Crippen molar-refractivity contribution in [3.8, 4) is 0 Å². The SMILES string of the molecule is COC=O.Clc1cccc(Cl)c1. The molecule has 0 unspecified atom stereocenters. The van der Waals surface area contributed by atoms with Crippen LogP contribution in [0.5, 0.6) is 0 Å². The lowest BCUT2D eigenvalue weighted by Gasteiger charge is -1.86. The summed E-state index contributed by atoms with van der Waals surface area (Å²) in [7, 11) is 1.31. The Hall–Kier alpha value is -0.730. The van der Waals surface area contributed by atoms with Crippen LogP contribution in [0.1, 0.15) is 0 Å². The number of hydrogen-bond donors (Lipinski definition) is 0. The number of rotatable bonds is 1. The lowest BCUT2D eigenvalue weighted by atomic mass is 10.4. The van der Waals surface area contributed by atoms with Crippen LogP contribution in [-0.4, -0.2) is 13.6 Å². The standard InChI is InChI=1S/C6H4Cl2.C2H4O2/c7-5-2-1-3-6(8)4-5;1-4-2-3/h1-4H;2H,1H3. The average Bonchev–Trinajstić information content (AvgIpc) is 2.04. The molecule has 0 aliphatic carbocycles. The van der Waals surface area contributed by atoms with Crippen molar-refractivity contribution in [3.63, 3.8) is 0 Å². The van der Waals surface area contributed by atoms with Gasteiger partial charge in [-0.15, -0.1) is 0 Å². The van der Waals surface area contributed by atoms with Gasteiger partial charge in [0.15, 0.2) is 0 Å². The molecule has 1 aromatic rings. The molecule has 1 rings (SSSR count). The van der Waals surface area contributed by atoms with Gasteiger partial charge in [0.2, 0.25) is 0 Å². The van der Waals surface area contributed by atoms with Gasteiger partial charge in [0, 0.05) is 10.0 Å². The van der Waals surface area contributed by atoms with Gasteiger partial charge in [-0.3, -0.25) is 4.79 Å². The van der Waals surface area contributed by atoms with Crippen LogP contribution in [0.25, 0.3) is 0 Å². The highest BCUT2D eigenvalue weighted by molar-refractivity contribution is 6.34. The molecule has 0 saturated heterocycles. The van der Waals surface area contributed by atoms with Crippen molar-refractivity contribution in [1.82, 2.24) is 0 Å². The number of hydrogen-bond acceptors (Lipinski definition) is 2. The summed E-state index contributed by atoms with van der Waals surface area (Å²) in [6, 6.07) is 7.08. The average molecular weight is 207 g/mol. The highest BCUT2D eigenvalue weighted by Gasteiger charge is 1.84. The fraction of sp³-hybridized carbons (Fsp3) is 0.125. The topological polar surface area (TPSA) is 26.3 Å². The van der Waals surface area contributed by atoms with E-state index >= 15 is 0 Å². The maximum absolute atomic E-state index is 8.95. The summed E-state index contributed by atoms with van der Waals surface area (Å²) in [4.78, 5) is 8.95. The Bertz CT molecular complexity index is 221. The van der Waals surface area contributed by atoms with Crippen LogP contribution in [0.4, 0.5) is 0 Å². The van der Waals surface area contributed by atoms with Crippen LogP contribution in [0.15, 0.2) is 24.3 Å². The molecular weight excluding hydrogens is 199 g/mol. The summed E-state index contributed by atoms with van der Waals surface area (Å²) in [6.07, 6.45) is 0. The van der Waals surface area contributed by atoms with Crippen molar-refractivity contribution in [1.29, 1.82) is 0 Å². The largest absolute Gasteiger partial charge is 0.471 e. The third kappa shape index (κ3) is 6.01. The van der Waals surface area contributed by atoms with Gasteiger partial charge in [0.25, 0.3) is 6.47 Å². The lowest BCUT2D eigenvalue weighted by Crippen LogP contribution is -1.68. The number of carbonyl (C=O) groups excluding carboxylic acids is 1. The van der Waals surface area contributed by atoms with Gasteiger partial charge in [0.05, 0.1) is 7.11 Å². The first kappa shape index (κ1) is 11.3. The summed E-state index contributed by atoms with van der Waals surface area (Å²) in [5.41, 5.74) is 0. The van der Waals surface area contributed by atoms with Crippen LogP contribution in [0.2, 0.25) is 10.0 Å². The van der Waals surface area contributed by atoms with Crippen molar-refractivity contribution in [2.24, 2.45) is 0 Å². The van der Waals surface area contributed by atoms with Crippen molar-refractivity contribution in [3.05, 3.63) is 34.3 Å². The van der Waals surface area contributed by atoms with E-state index in [2.05, 4.69) is 4.74 Å². The first-order valence-electron chi connectivity index (χ1n) is 3.08. The highest BCUT2D eigenvalue weighted by atomic mass is 35.5. The zero-order valence-corrected chi connectivity index (χ0v) is 7.97. The molecule has 0 aromatic heterocycles. The second-order valence-electron chi connectivity index (χ2n) is 1.77. The maximum atomic E-state index is 8.95. The predicted octanol–water partition coefficient (Wildman–Crippen LogP) is 2.78. The molecule has 2 nitrogen and oxygen atoms in total. The third-order valence-corrected chi connectivity index (χ3v) is 1.35. The Kier molecular flexibility index (Phi) is 6.53. The second-order valence-corrected chi connectivity index (χ2v) is 2.64. The van der Waals surface area contributed by atoms with E-state index in [1.54, 1.807) is 18.2 Å². The van der Waals surface area contributed by atoms with Gasteiger partial charge >= 0.3 is 0 Å². The van der Waals surface area contributed by atoms with Crippen LogP contribution in [0, 0.1) is 0 Å². The fourth-order valence-electron chi connectivity index (χ4n) is 0.460. The minimum Gasteiger partial charge on any atom is -0.471 e. The van der Waals surface area contributed by atoms with E-state index in [1.807, 2.05) is 6.07 Å². The van der Waals surface area contributed by atoms with Gasteiger partial charge in [-0.05, 0) is 18.2 Å². The molecule has 0 atom stereocenters. The van der Waals surface area contributed by atoms with Gasteiger partial charge in [0.1, 0.15) is 0 Å². The minimum atomic E-state index is 0.375. The monoisotopic (exact) mass is 206 g/mol. The number of benzene rings is 1. The summed E-state index contributed by atoms with van der Waals surface area (Å²) in [6.45, 7) is 0.375. The summed E-state index contributed by atoms with van der Waals surface area (Å²) < 4.78 is 3.86. The van der Waals surface area contributed by atoms with E-state index in [0.29, 0.717) is 16.5 Å². The predicted molar refractivity (Wildman–Crippen MR) is 49.5 cm³/mol. The van der Waals surface area contributed by atoms with Gasteiger partial charge < -0.3 is 4.74 Å². The Morgan fingerprint density at radius 2 is 1.75 bits per heavy atom. The molecule has 0 radical (unpaired) electrons. The van der Waals surface area contributed by atoms with E-state index in [0.717, 1.165) is 0 Å². The molecule has 0 amide bonds. The number of halogens is 2. The number of ether oxygens (including phenoxy) is 1. The van der Waals surface area contributed by atoms with Crippen LogP contribution in [-0.2, 0) is 9.53 Å². The molecule has 0 heterocycles. The molecule has 0 aliphatic rings. The quantitative estimate of drug-likeness (QED) is 0.661. The van der Waals surface area contributed by atoms with Crippen LogP contribution >= 0.6 is 23.2 Å². The fourth-order valence-corrected chi connectivity index (χ4v) is 0.896. The van der Waals surface area contributed by atoms with Gasteiger partial charge in [-0.1, -0.05) is 29.3 Å². The zero-order chi connectivity index (χ0) is 9.40. The van der Waals surface area contributed by atoms with E-state index in [1.165, 1.54) is 7.11 Å². The molecule has 0 saturated carbocycles. The Balaban J connectivity index is 0.000000261. The van der Waals surface area contributed by atoms with Crippen molar-refractivity contribution in [2.75, 3.05) is 7.11 Å². The van der Waals surface area contributed by atoms with Gasteiger partial charge in [-0.25, -0.2) is 0 Å². The molecule has 0 aliphatic heterocycles. The molecule has 0 bridgehead atoms. The zero-order valence-electron chi connectivity index (χ0n) is 6.46.